The van der Waals surface area contributed by atoms with E-state index in [0.29, 0.717) is 17.5 Å². The third kappa shape index (κ3) is 4.22. The number of hydrogen-bond acceptors (Lipinski definition) is 3. The molecule has 0 bridgehead atoms. The molecule has 0 fully saturated rings. The molecule has 96 valence electrons. The third-order valence-electron chi connectivity index (χ3n) is 2.16. The van der Waals surface area contributed by atoms with Crippen molar-refractivity contribution in [3.05, 3.63) is 29.3 Å². The lowest BCUT2D eigenvalue weighted by atomic mass is 10.1. The van der Waals surface area contributed by atoms with Crippen LogP contribution in [0.3, 0.4) is 0 Å². The molecular weight excluding hydrogens is 252 g/mol. The van der Waals surface area contributed by atoms with Gasteiger partial charge in [0, 0.05) is 18.2 Å². The summed E-state index contributed by atoms with van der Waals surface area (Å²) < 4.78 is 23.0. The first-order valence-electron chi connectivity index (χ1n) is 5.37. The molecule has 1 rings (SSSR count). The smallest absolute Gasteiger partial charge is 0.307 e. The van der Waals surface area contributed by atoms with Gasteiger partial charge in [-0.1, -0.05) is 18.8 Å². The minimum Gasteiger partial charge on any atom is -0.481 e. The second-order valence-corrected chi connectivity index (χ2v) is 5.88. The monoisotopic (exact) mass is 266 g/mol. The van der Waals surface area contributed by atoms with Gasteiger partial charge < -0.3 is 5.11 Å². The standard InChI is InChI=1S/C13H14O4S/c1-3-4-5-10-6-11(9-13(14)15)8-12(7-10)18(2,16)17/h6-8H,3,9H2,1-2H3,(H,14,15). The highest BCUT2D eigenvalue weighted by atomic mass is 32.2. The molecule has 1 N–H and O–H groups in total. The van der Waals surface area contributed by atoms with Gasteiger partial charge in [-0.2, -0.15) is 0 Å². The maximum absolute atomic E-state index is 11.5. The number of rotatable bonds is 3. The van der Waals surface area contributed by atoms with E-state index in [1.54, 1.807) is 6.07 Å². The Kier molecular flexibility index (Phi) is 4.51. The molecular formula is C13H14O4S. The van der Waals surface area contributed by atoms with Gasteiger partial charge in [0.05, 0.1) is 11.3 Å². The van der Waals surface area contributed by atoms with Gasteiger partial charge >= 0.3 is 5.97 Å². The molecule has 4 nitrogen and oxygen atoms in total. The van der Waals surface area contributed by atoms with Gasteiger partial charge in [-0.05, 0) is 23.8 Å². The normalized spacial score (nSPS) is 10.6. The van der Waals surface area contributed by atoms with E-state index in [1.165, 1.54) is 12.1 Å². The van der Waals surface area contributed by atoms with Crippen molar-refractivity contribution >= 4 is 15.8 Å². The summed E-state index contributed by atoms with van der Waals surface area (Å²) >= 11 is 0. The molecule has 0 unspecified atom stereocenters. The van der Waals surface area contributed by atoms with Crippen molar-refractivity contribution in [3.8, 4) is 11.8 Å². The highest BCUT2D eigenvalue weighted by Gasteiger charge is 2.11. The second-order valence-electron chi connectivity index (χ2n) is 3.86. The van der Waals surface area contributed by atoms with Gasteiger partial charge in [0.2, 0.25) is 0 Å². The summed E-state index contributed by atoms with van der Waals surface area (Å²) in [6.45, 7) is 1.88. The van der Waals surface area contributed by atoms with Crippen LogP contribution in [0.1, 0.15) is 24.5 Å². The highest BCUT2D eigenvalue weighted by Crippen LogP contribution is 2.15. The Bertz CT molecular complexity index is 618. The number of aliphatic carboxylic acids is 1. The number of sulfone groups is 1. The largest absolute Gasteiger partial charge is 0.481 e. The van der Waals surface area contributed by atoms with E-state index in [4.69, 9.17) is 5.11 Å². The summed E-state index contributed by atoms with van der Waals surface area (Å²) in [5, 5.41) is 8.74. The molecule has 0 spiro atoms. The van der Waals surface area contributed by atoms with Crippen LogP contribution in [0.4, 0.5) is 0 Å². The molecule has 0 radical (unpaired) electrons. The molecule has 0 heterocycles. The highest BCUT2D eigenvalue weighted by molar-refractivity contribution is 7.90. The van der Waals surface area contributed by atoms with E-state index >= 15 is 0 Å². The summed E-state index contributed by atoms with van der Waals surface area (Å²) in [5.74, 6) is 4.64. The van der Waals surface area contributed by atoms with Crippen molar-refractivity contribution < 1.29 is 18.3 Å². The van der Waals surface area contributed by atoms with E-state index in [1.807, 2.05) is 6.92 Å². The van der Waals surface area contributed by atoms with E-state index in [9.17, 15) is 13.2 Å². The number of hydrogen-bond donors (Lipinski definition) is 1. The number of carboxylic acid groups (broad SMARTS) is 1. The Balaban J connectivity index is 3.33. The molecule has 0 aromatic heterocycles. The van der Waals surface area contributed by atoms with Crippen LogP contribution in [-0.4, -0.2) is 25.7 Å². The summed E-state index contributed by atoms with van der Waals surface area (Å²) in [6.07, 6.45) is 1.52. The molecule has 0 aliphatic heterocycles. The molecule has 5 heteroatoms. The van der Waals surface area contributed by atoms with Crippen LogP contribution in [0.2, 0.25) is 0 Å². The van der Waals surface area contributed by atoms with Crippen molar-refractivity contribution in [2.24, 2.45) is 0 Å². The summed E-state index contributed by atoms with van der Waals surface area (Å²) in [5.41, 5.74) is 0.960. The topological polar surface area (TPSA) is 71.4 Å². The fourth-order valence-electron chi connectivity index (χ4n) is 1.41. The minimum atomic E-state index is -3.37. The SMILES string of the molecule is CCC#Cc1cc(CC(=O)O)cc(S(C)(=O)=O)c1. The Morgan fingerprint density at radius 1 is 1.33 bits per heavy atom. The predicted octanol–water partition coefficient (Wildman–Crippen LogP) is 1.48. The van der Waals surface area contributed by atoms with Gasteiger partial charge in [0.1, 0.15) is 0 Å². The van der Waals surface area contributed by atoms with Crippen molar-refractivity contribution in [3.63, 3.8) is 0 Å². The van der Waals surface area contributed by atoms with Crippen molar-refractivity contribution in [1.82, 2.24) is 0 Å². The van der Waals surface area contributed by atoms with Crippen LogP contribution in [0.15, 0.2) is 23.1 Å². The van der Waals surface area contributed by atoms with Crippen molar-refractivity contribution in [2.45, 2.75) is 24.7 Å². The van der Waals surface area contributed by atoms with Gasteiger partial charge in [0.25, 0.3) is 0 Å². The third-order valence-corrected chi connectivity index (χ3v) is 3.25. The minimum absolute atomic E-state index is 0.0988. The van der Waals surface area contributed by atoms with Crippen LogP contribution in [0.25, 0.3) is 0 Å². The van der Waals surface area contributed by atoms with Crippen LogP contribution in [0.5, 0.6) is 0 Å². The molecule has 0 saturated carbocycles. The van der Waals surface area contributed by atoms with Gasteiger partial charge in [-0.15, -0.1) is 0 Å². The van der Waals surface area contributed by atoms with E-state index < -0.39 is 15.8 Å². The first-order valence-corrected chi connectivity index (χ1v) is 7.26. The zero-order chi connectivity index (χ0) is 13.8. The van der Waals surface area contributed by atoms with Crippen LogP contribution >= 0.6 is 0 Å². The zero-order valence-electron chi connectivity index (χ0n) is 10.2. The molecule has 18 heavy (non-hydrogen) atoms. The zero-order valence-corrected chi connectivity index (χ0v) is 11.0. The Labute approximate surface area is 107 Å². The maximum Gasteiger partial charge on any atom is 0.307 e. The number of carbonyl (C=O) groups is 1. The average molecular weight is 266 g/mol. The van der Waals surface area contributed by atoms with Crippen LogP contribution in [0, 0.1) is 11.8 Å². The molecule has 0 saturated heterocycles. The summed E-state index contributed by atoms with van der Waals surface area (Å²) in [6, 6.07) is 4.44. The molecule has 1 aromatic rings. The summed E-state index contributed by atoms with van der Waals surface area (Å²) in [7, 11) is -3.37. The maximum atomic E-state index is 11.5. The fraction of sp³-hybridized carbons (Fsp3) is 0.308. The molecule has 0 aliphatic carbocycles. The van der Waals surface area contributed by atoms with E-state index in [2.05, 4.69) is 11.8 Å². The molecule has 1 aromatic carbocycles. The average Bonchev–Trinajstić information content (AvgIpc) is 2.24. The predicted molar refractivity (Wildman–Crippen MR) is 68.1 cm³/mol. The number of benzene rings is 1. The molecule has 0 atom stereocenters. The second kappa shape index (κ2) is 5.69. The van der Waals surface area contributed by atoms with Gasteiger partial charge in [-0.3, -0.25) is 4.79 Å². The van der Waals surface area contributed by atoms with Crippen LogP contribution < -0.4 is 0 Å². The molecule has 0 aliphatic rings. The van der Waals surface area contributed by atoms with E-state index in [-0.39, 0.29) is 11.3 Å². The fourth-order valence-corrected chi connectivity index (χ4v) is 2.12. The molecule has 0 amide bonds. The Hall–Kier alpha value is -1.80. The Morgan fingerprint density at radius 3 is 2.50 bits per heavy atom. The Morgan fingerprint density at radius 2 is 2.00 bits per heavy atom. The first kappa shape index (κ1) is 14.3. The van der Waals surface area contributed by atoms with Crippen molar-refractivity contribution in [1.29, 1.82) is 0 Å². The van der Waals surface area contributed by atoms with Gasteiger partial charge in [0.15, 0.2) is 9.84 Å². The first-order chi connectivity index (χ1) is 8.32. The van der Waals surface area contributed by atoms with Gasteiger partial charge in [-0.25, -0.2) is 8.42 Å². The lowest BCUT2D eigenvalue weighted by molar-refractivity contribution is -0.136. The van der Waals surface area contributed by atoms with Crippen LogP contribution in [-0.2, 0) is 21.1 Å². The lowest BCUT2D eigenvalue weighted by Crippen LogP contribution is -2.04. The van der Waals surface area contributed by atoms with E-state index in [0.717, 1.165) is 6.26 Å². The quantitative estimate of drug-likeness (QED) is 0.841. The number of carboxylic acids is 1. The lowest BCUT2D eigenvalue weighted by Gasteiger charge is -2.04. The summed E-state index contributed by atoms with van der Waals surface area (Å²) in [4.78, 5) is 10.8. The van der Waals surface area contributed by atoms with Crippen molar-refractivity contribution in [2.75, 3.05) is 6.26 Å².